The first-order valence-electron chi connectivity index (χ1n) is 6.93. The Kier molecular flexibility index (Phi) is 4.52. The van der Waals surface area contributed by atoms with Crippen LogP contribution in [0.1, 0.15) is 19.3 Å². The molecule has 1 aromatic rings. The normalized spacial score (nSPS) is 21.5. The van der Waals surface area contributed by atoms with Crippen molar-refractivity contribution in [3.8, 4) is 0 Å². The van der Waals surface area contributed by atoms with Crippen LogP contribution in [-0.2, 0) is 4.79 Å². The van der Waals surface area contributed by atoms with Crippen molar-refractivity contribution in [2.24, 2.45) is 0 Å². The number of likely N-dealkylation sites (tertiary alicyclic amines) is 1. The summed E-state index contributed by atoms with van der Waals surface area (Å²) in [6.07, 6.45) is 5.59. The maximum absolute atomic E-state index is 12.6. The van der Waals surface area contributed by atoms with E-state index < -0.39 is 0 Å². The van der Waals surface area contributed by atoms with Crippen molar-refractivity contribution < 1.29 is 4.79 Å². The molecule has 0 radical (unpaired) electrons. The van der Waals surface area contributed by atoms with E-state index >= 15 is 0 Å². The molecule has 0 N–H and O–H groups in total. The quantitative estimate of drug-likeness (QED) is 0.600. The van der Waals surface area contributed by atoms with Crippen LogP contribution in [0.2, 0.25) is 5.02 Å². The van der Waals surface area contributed by atoms with Crippen LogP contribution in [0.3, 0.4) is 0 Å². The number of carbonyl (C=O) groups excluding carboxylic acids is 1. The zero-order valence-electron chi connectivity index (χ0n) is 11.4. The van der Waals surface area contributed by atoms with Gasteiger partial charge in [-0.05, 0) is 31.4 Å². The fourth-order valence-electron chi connectivity index (χ4n) is 2.51. The lowest BCUT2D eigenvalue weighted by Crippen LogP contribution is -2.29. The van der Waals surface area contributed by atoms with Crippen molar-refractivity contribution in [1.29, 1.82) is 0 Å². The Balaban J connectivity index is 1.85. The molecule has 0 atom stereocenters. The number of carbonyl (C=O) groups is 1. The van der Waals surface area contributed by atoms with Crippen molar-refractivity contribution in [2.45, 2.75) is 19.3 Å². The molecule has 0 bridgehead atoms. The summed E-state index contributed by atoms with van der Waals surface area (Å²) in [5, 5.41) is 0.535. The lowest BCUT2D eigenvalue weighted by molar-refractivity contribution is -0.113. The molecule has 2 aliphatic heterocycles. The van der Waals surface area contributed by atoms with E-state index in [-0.39, 0.29) is 5.91 Å². The number of halogens is 1. The Morgan fingerprint density at radius 2 is 1.90 bits per heavy atom. The molecule has 2 fully saturated rings. The van der Waals surface area contributed by atoms with E-state index in [0.717, 1.165) is 13.1 Å². The zero-order valence-corrected chi connectivity index (χ0v) is 13.8. The number of benzene rings is 1. The molecule has 0 unspecified atom stereocenters. The molecule has 21 heavy (non-hydrogen) atoms. The Morgan fingerprint density at radius 3 is 2.62 bits per heavy atom. The molecule has 3 rings (SSSR count). The molecule has 2 aliphatic rings. The van der Waals surface area contributed by atoms with Gasteiger partial charge in [0, 0.05) is 19.3 Å². The number of piperidine rings is 1. The van der Waals surface area contributed by atoms with Gasteiger partial charge in [0.1, 0.15) is 0 Å². The third-order valence-electron chi connectivity index (χ3n) is 3.58. The van der Waals surface area contributed by atoms with Crippen LogP contribution in [-0.4, -0.2) is 28.2 Å². The lowest BCUT2D eigenvalue weighted by Gasteiger charge is -2.25. The van der Waals surface area contributed by atoms with Gasteiger partial charge < -0.3 is 4.90 Å². The molecule has 3 nitrogen and oxygen atoms in total. The Bertz CT molecular complexity index is 611. The molecule has 2 heterocycles. The van der Waals surface area contributed by atoms with E-state index in [0.29, 0.717) is 19.9 Å². The fourth-order valence-corrected chi connectivity index (χ4v) is 4.02. The van der Waals surface area contributed by atoms with Gasteiger partial charge in [-0.1, -0.05) is 47.7 Å². The minimum atomic E-state index is -0.0799. The summed E-state index contributed by atoms with van der Waals surface area (Å²) in [5.74, 6) is -0.0799. The standard InChI is InChI=1S/C15H15ClN2OS2/c16-11-6-2-3-7-12(11)18-14(19)13(21-15(18)20)10-17-8-4-1-5-9-17/h2-3,6-7,10H,1,4-5,8-9H2/b13-10-. The van der Waals surface area contributed by atoms with Crippen LogP contribution in [0, 0.1) is 0 Å². The summed E-state index contributed by atoms with van der Waals surface area (Å²) in [4.78, 5) is 17.0. The highest BCUT2D eigenvalue weighted by atomic mass is 35.5. The number of anilines is 1. The molecule has 110 valence electrons. The van der Waals surface area contributed by atoms with E-state index in [4.69, 9.17) is 23.8 Å². The number of hydrogen-bond donors (Lipinski definition) is 0. The Hall–Kier alpha value is -1.04. The van der Waals surface area contributed by atoms with Gasteiger partial charge in [0.15, 0.2) is 4.32 Å². The number of amides is 1. The van der Waals surface area contributed by atoms with Gasteiger partial charge >= 0.3 is 0 Å². The largest absolute Gasteiger partial charge is 0.376 e. The predicted octanol–water partition coefficient (Wildman–Crippen LogP) is 4.03. The van der Waals surface area contributed by atoms with Gasteiger partial charge in [0.2, 0.25) is 0 Å². The van der Waals surface area contributed by atoms with Gasteiger partial charge in [-0.3, -0.25) is 9.69 Å². The van der Waals surface area contributed by atoms with Crippen LogP contribution in [0.4, 0.5) is 5.69 Å². The van der Waals surface area contributed by atoms with Crippen LogP contribution < -0.4 is 4.90 Å². The second-order valence-corrected chi connectivity index (χ2v) is 7.13. The van der Waals surface area contributed by atoms with E-state index in [1.807, 2.05) is 24.4 Å². The minimum absolute atomic E-state index is 0.0799. The molecule has 2 saturated heterocycles. The second kappa shape index (κ2) is 6.38. The highest BCUT2D eigenvalue weighted by molar-refractivity contribution is 8.27. The highest BCUT2D eigenvalue weighted by Gasteiger charge is 2.34. The average Bonchev–Trinajstić information content (AvgIpc) is 2.76. The number of thioether (sulfide) groups is 1. The highest BCUT2D eigenvalue weighted by Crippen LogP contribution is 2.38. The fraction of sp³-hybridized carbons (Fsp3) is 0.333. The first kappa shape index (κ1) is 14.9. The average molecular weight is 339 g/mol. The summed E-state index contributed by atoms with van der Waals surface area (Å²) in [5.41, 5.74) is 0.656. The smallest absolute Gasteiger partial charge is 0.272 e. The van der Waals surface area contributed by atoms with E-state index in [1.165, 1.54) is 35.9 Å². The monoisotopic (exact) mass is 338 g/mol. The van der Waals surface area contributed by atoms with E-state index in [1.54, 1.807) is 6.07 Å². The Morgan fingerprint density at radius 1 is 1.19 bits per heavy atom. The van der Waals surface area contributed by atoms with Crippen LogP contribution in [0.25, 0.3) is 0 Å². The SMILES string of the molecule is O=C1/C(=C/N2CCCCC2)SC(=S)N1c1ccccc1Cl. The van der Waals surface area contributed by atoms with Gasteiger partial charge in [0.25, 0.3) is 5.91 Å². The third kappa shape index (κ3) is 3.10. The minimum Gasteiger partial charge on any atom is -0.376 e. The second-order valence-electron chi connectivity index (χ2n) is 5.05. The van der Waals surface area contributed by atoms with Gasteiger partial charge in [-0.2, -0.15) is 0 Å². The lowest BCUT2D eigenvalue weighted by atomic mass is 10.1. The van der Waals surface area contributed by atoms with Gasteiger partial charge in [0.05, 0.1) is 15.6 Å². The first-order chi connectivity index (χ1) is 10.2. The molecule has 0 aliphatic carbocycles. The Labute approximate surface area is 138 Å². The maximum Gasteiger partial charge on any atom is 0.272 e. The molecule has 0 aromatic heterocycles. The van der Waals surface area contributed by atoms with Crippen molar-refractivity contribution in [2.75, 3.05) is 18.0 Å². The molecule has 1 amide bonds. The summed E-state index contributed by atoms with van der Waals surface area (Å²) in [7, 11) is 0. The number of thiocarbonyl (C=S) groups is 1. The number of rotatable bonds is 2. The van der Waals surface area contributed by atoms with Crippen molar-refractivity contribution in [3.05, 3.63) is 40.4 Å². The predicted molar refractivity (Wildman–Crippen MR) is 92.6 cm³/mol. The maximum atomic E-state index is 12.6. The summed E-state index contributed by atoms with van der Waals surface area (Å²) < 4.78 is 0.538. The van der Waals surface area contributed by atoms with Crippen molar-refractivity contribution in [1.82, 2.24) is 4.90 Å². The number of nitrogens with zero attached hydrogens (tertiary/aromatic N) is 2. The topological polar surface area (TPSA) is 23.6 Å². The van der Waals surface area contributed by atoms with E-state index in [2.05, 4.69) is 4.90 Å². The summed E-state index contributed by atoms with van der Waals surface area (Å²) in [6, 6.07) is 7.28. The number of hydrogen-bond acceptors (Lipinski definition) is 4. The van der Waals surface area contributed by atoms with Gasteiger partial charge in [-0.15, -0.1) is 0 Å². The summed E-state index contributed by atoms with van der Waals surface area (Å²) in [6.45, 7) is 2.02. The van der Waals surface area contributed by atoms with Crippen molar-refractivity contribution in [3.63, 3.8) is 0 Å². The molecule has 0 spiro atoms. The van der Waals surface area contributed by atoms with E-state index in [9.17, 15) is 4.79 Å². The molecule has 0 saturated carbocycles. The van der Waals surface area contributed by atoms with Gasteiger partial charge in [-0.25, -0.2) is 0 Å². The summed E-state index contributed by atoms with van der Waals surface area (Å²) >= 11 is 12.9. The zero-order chi connectivity index (χ0) is 14.8. The van der Waals surface area contributed by atoms with Crippen LogP contribution >= 0.6 is 35.6 Å². The van der Waals surface area contributed by atoms with Crippen molar-refractivity contribution >= 4 is 51.5 Å². The molecular weight excluding hydrogens is 324 g/mol. The molecular formula is C15H15ClN2OS2. The molecule has 1 aromatic carbocycles. The molecule has 6 heteroatoms. The van der Waals surface area contributed by atoms with Crippen LogP contribution in [0.15, 0.2) is 35.4 Å². The number of para-hydroxylation sites is 1. The third-order valence-corrected chi connectivity index (χ3v) is 5.19. The first-order valence-corrected chi connectivity index (χ1v) is 8.54. The van der Waals surface area contributed by atoms with Crippen LogP contribution in [0.5, 0.6) is 0 Å².